The van der Waals surface area contributed by atoms with Crippen molar-refractivity contribution in [2.45, 2.75) is 19.9 Å². The lowest BCUT2D eigenvalue weighted by atomic mass is 10.1. The van der Waals surface area contributed by atoms with Crippen molar-refractivity contribution in [1.82, 2.24) is 19.9 Å². The van der Waals surface area contributed by atoms with Gasteiger partial charge in [0.15, 0.2) is 5.82 Å². The fourth-order valence-corrected chi connectivity index (χ4v) is 1.83. The largest absolute Gasteiger partial charge is 0.331 e. The Morgan fingerprint density at radius 3 is 2.48 bits per heavy atom. The monoisotopic (exact) mass is 316 g/mol. The molecule has 0 saturated carbocycles. The Kier molecular flexibility index (Phi) is 5.29. The van der Waals surface area contributed by atoms with Gasteiger partial charge in [0, 0.05) is 19.8 Å². The fraction of sp³-hybridized carbons (Fsp3) is 0.333. The first-order chi connectivity index (χ1) is 11.0. The zero-order valence-electron chi connectivity index (χ0n) is 13.4. The molecular weight excluding hydrogens is 296 g/mol. The fourth-order valence-electron chi connectivity index (χ4n) is 1.83. The first-order valence-electron chi connectivity index (χ1n) is 7.25. The summed E-state index contributed by atoms with van der Waals surface area (Å²) in [5, 5.41) is 13.0. The number of aromatic nitrogens is 3. The minimum atomic E-state index is -0.308. The summed E-state index contributed by atoms with van der Waals surface area (Å²) in [4.78, 5) is 24.9. The summed E-state index contributed by atoms with van der Waals surface area (Å²) in [7, 11) is 3.24. The zero-order chi connectivity index (χ0) is 16.8. The average molecular weight is 316 g/mol. The van der Waals surface area contributed by atoms with Crippen LogP contribution < -0.4 is 10.6 Å². The molecule has 3 amide bonds. The van der Waals surface area contributed by atoms with Crippen LogP contribution in [0.5, 0.6) is 0 Å². The predicted octanol–water partition coefficient (Wildman–Crippen LogP) is 1.57. The highest BCUT2D eigenvalue weighted by Crippen LogP contribution is 2.10. The highest BCUT2D eigenvalue weighted by Gasteiger charge is 2.09. The van der Waals surface area contributed by atoms with Crippen molar-refractivity contribution < 1.29 is 9.59 Å². The van der Waals surface area contributed by atoms with Crippen LogP contribution in [0.25, 0.3) is 0 Å². The minimum absolute atomic E-state index is 0.0142. The van der Waals surface area contributed by atoms with E-state index in [0.29, 0.717) is 5.82 Å². The summed E-state index contributed by atoms with van der Waals surface area (Å²) in [5.74, 6) is 0.0773. The number of nitrogens with one attached hydrogen (secondary N) is 2. The van der Waals surface area contributed by atoms with Gasteiger partial charge in [-0.05, 0) is 24.1 Å². The van der Waals surface area contributed by atoms with Crippen molar-refractivity contribution in [3.63, 3.8) is 0 Å². The molecule has 0 aliphatic heterocycles. The van der Waals surface area contributed by atoms with Crippen LogP contribution in [0, 0.1) is 0 Å². The van der Waals surface area contributed by atoms with E-state index in [1.54, 1.807) is 14.1 Å². The second-order valence-electron chi connectivity index (χ2n) is 5.22. The molecule has 0 unspecified atom stereocenters. The first-order valence-corrected chi connectivity index (χ1v) is 7.25. The second-order valence-corrected chi connectivity index (χ2v) is 5.22. The van der Waals surface area contributed by atoms with Crippen LogP contribution in [-0.2, 0) is 17.8 Å². The lowest BCUT2D eigenvalue weighted by Crippen LogP contribution is -2.27. The highest BCUT2D eigenvalue weighted by atomic mass is 16.2. The van der Waals surface area contributed by atoms with E-state index in [2.05, 4.69) is 27.9 Å². The third kappa shape index (κ3) is 4.80. The van der Waals surface area contributed by atoms with E-state index >= 15 is 0 Å². The second kappa shape index (κ2) is 7.39. The molecule has 0 atom stereocenters. The van der Waals surface area contributed by atoms with Gasteiger partial charge in [-0.1, -0.05) is 24.3 Å². The maximum Gasteiger partial charge on any atom is 0.322 e. The smallest absolute Gasteiger partial charge is 0.322 e. The van der Waals surface area contributed by atoms with Gasteiger partial charge in [-0.25, -0.2) is 9.48 Å². The van der Waals surface area contributed by atoms with Gasteiger partial charge in [0.2, 0.25) is 5.91 Å². The SMILES string of the molecule is CCc1ccc(NC(=O)Cn2cc(NC(=O)N(C)C)nn2)cc1. The van der Waals surface area contributed by atoms with Crippen molar-refractivity contribution in [2.24, 2.45) is 0 Å². The van der Waals surface area contributed by atoms with Crippen molar-refractivity contribution in [3.8, 4) is 0 Å². The molecule has 0 bridgehead atoms. The zero-order valence-corrected chi connectivity index (χ0v) is 13.4. The van der Waals surface area contributed by atoms with E-state index in [9.17, 15) is 9.59 Å². The number of aryl methyl sites for hydroxylation is 1. The van der Waals surface area contributed by atoms with Gasteiger partial charge in [0.05, 0.1) is 6.20 Å². The minimum Gasteiger partial charge on any atom is -0.331 e. The standard InChI is InChI=1S/C15H20N6O2/c1-4-11-5-7-12(8-6-11)16-14(22)10-21-9-13(18-19-21)17-15(23)20(2)3/h5-9H,4,10H2,1-3H3,(H,16,22)(H,17,23). The number of carbonyl (C=O) groups is 2. The van der Waals surface area contributed by atoms with Gasteiger partial charge >= 0.3 is 6.03 Å². The molecule has 1 aromatic heterocycles. The molecule has 0 radical (unpaired) electrons. The van der Waals surface area contributed by atoms with E-state index in [-0.39, 0.29) is 18.5 Å². The molecule has 0 spiro atoms. The third-order valence-corrected chi connectivity index (χ3v) is 3.13. The van der Waals surface area contributed by atoms with Crippen molar-refractivity contribution >= 4 is 23.4 Å². The van der Waals surface area contributed by atoms with Crippen molar-refractivity contribution in [1.29, 1.82) is 0 Å². The van der Waals surface area contributed by atoms with Crippen LogP contribution in [0.2, 0.25) is 0 Å². The molecular formula is C15H20N6O2. The molecule has 2 N–H and O–H groups in total. The quantitative estimate of drug-likeness (QED) is 0.876. The molecule has 0 fully saturated rings. The van der Waals surface area contributed by atoms with Gasteiger partial charge in [-0.3, -0.25) is 10.1 Å². The summed E-state index contributed by atoms with van der Waals surface area (Å²) in [6, 6.07) is 7.36. The molecule has 0 aliphatic rings. The summed E-state index contributed by atoms with van der Waals surface area (Å²) >= 11 is 0. The number of urea groups is 1. The summed E-state index contributed by atoms with van der Waals surface area (Å²) < 4.78 is 1.36. The van der Waals surface area contributed by atoms with E-state index < -0.39 is 0 Å². The summed E-state index contributed by atoms with van der Waals surface area (Å²) in [5.41, 5.74) is 1.94. The van der Waals surface area contributed by atoms with Crippen LogP contribution >= 0.6 is 0 Å². The highest BCUT2D eigenvalue weighted by molar-refractivity contribution is 5.90. The van der Waals surface area contributed by atoms with Crippen LogP contribution in [0.4, 0.5) is 16.3 Å². The third-order valence-electron chi connectivity index (χ3n) is 3.13. The molecule has 23 heavy (non-hydrogen) atoms. The Morgan fingerprint density at radius 1 is 1.17 bits per heavy atom. The molecule has 8 nitrogen and oxygen atoms in total. The van der Waals surface area contributed by atoms with Gasteiger partial charge in [0.1, 0.15) is 6.54 Å². The maximum atomic E-state index is 12.0. The number of hydrogen-bond acceptors (Lipinski definition) is 4. The molecule has 1 heterocycles. The molecule has 0 aliphatic carbocycles. The van der Waals surface area contributed by atoms with Crippen LogP contribution in [0.3, 0.4) is 0 Å². The Balaban J connectivity index is 1.90. The molecule has 2 rings (SSSR count). The molecule has 2 aromatic rings. The van der Waals surface area contributed by atoms with E-state index in [0.717, 1.165) is 12.1 Å². The molecule has 8 heteroatoms. The van der Waals surface area contributed by atoms with Crippen molar-refractivity contribution in [3.05, 3.63) is 36.0 Å². The Morgan fingerprint density at radius 2 is 1.87 bits per heavy atom. The lowest BCUT2D eigenvalue weighted by Gasteiger charge is -2.09. The Hall–Kier alpha value is -2.90. The van der Waals surface area contributed by atoms with Gasteiger partial charge in [-0.2, -0.15) is 0 Å². The number of carbonyl (C=O) groups excluding carboxylic acids is 2. The number of nitrogens with zero attached hydrogens (tertiary/aromatic N) is 4. The van der Waals surface area contributed by atoms with Crippen LogP contribution in [0.1, 0.15) is 12.5 Å². The van der Waals surface area contributed by atoms with Gasteiger partial charge < -0.3 is 10.2 Å². The van der Waals surface area contributed by atoms with E-state index in [1.807, 2.05) is 24.3 Å². The van der Waals surface area contributed by atoms with Gasteiger partial charge in [0.25, 0.3) is 0 Å². The van der Waals surface area contributed by atoms with Crippen LogP contribution in [-0.4, -0.2) is 45.9 Å². The van der Waals surface area contributed by atoms with E-state index in [4.69, 9.17) is 0 Å². The Bertz CT molecular complexity index is 678. The number of rotatable bonds is 5. The summed E-state index contributed by atoms with van der Waals surface area (Å²) in [6.07, 6.45) is 2.45. The number of benzene rings is 1. The topological polar surface area (TPSA) is 92.2 Å². The number of amides is 3. The average Bonchev–Trinajstić information content (AvgIpc) is 2.94. The predicted molar refractivity (Wildman–Crippen MR) is 87.2 cm³/mol. The number of hydrogen-bond donors (Lipinski definition) is 2. The van der Waals surface area contributed by atoms with Crippen LogP contribution in [0.15, 0.2) is 30.5 Å². The molecule has 122 valence electrons. The maximum absolute atomic E-state index is 12.0. The Labute approximate surface area is 134 Å². The van der Waals surface area contributed by atoms with Crippen molar-refractivity contribution in [2.75, 3.05) is 24.7 Å². The normalized spacial score (nSPS) is 10.2. The number of anilines is 2. The first kappa shape index (κ1) is 16.5. The van der Waals surface area contributed by atoms with E-state index in [1.165, 1.54) is 21.3 Å². The summed E-state index contributed by atoms with van der Waals surface area (Å²) in [6.45, 7) is 2.09. The van der Waals surface area contributed by atoms with Gasteiger partial charge in [-0.15, -0.1) is 5.10 Å². The molecule has 0 saturated heterocycles. The lowest BCUT2D eigenvalue weighted by molar-refractivity contribution is -0.116. The molecule has 1 aromatic carbocycles.